The Balaban J connectivity index is 1.70. The minimum Gasteiger partial charge on any atom is -0.444 e. The van der Waals surface area contributed by atoms with E-state index in [1.807, 2.05) is 6.92 Å². The van der Waals surface area contributed by atoms with Crippen LogP contribution in [0.4, 0.5) is 19.5 Å². The molecule has 10 heteroatoms. The van der Waals surface area contributed by atoms with Gasteiger partial charge >= 0.3 is 6.09 Å². The highest BCUT2D eigenvalue weighted by molar-refractivity contribution is 7.99. The minimum atomic E-state index is -0.720. The number of carbonyl (C=O) groups excluding carboxylic acids is 1. The molecule has 1 amide bonds. The highest BCUT2D eigenvalue weighted by Gasteiger charge is 2.29. The maximum Gasteiger partial charge on any atom is 0.414 e. The van der Waals surface area contributed by atoms with Crippen LogP contribution in [0.2, 0.25) is 0 Å². The summed E-state index contributed by atoms with van der Waals surface area (Å²) in [4.78, 5) is 21.0. The van der Waals surface area contributed by atoms with E-state index in [0.29, 0.717) is 21.5 Å². The molecule has 0 unspecified atom stereocenters. The lowest BCUT2D eigenvalue weighted by Gasteiger charge is -2.18. The first-order valence-electron chi connectivity index (χ1n) is 11.1. The van der Waals surface area contributed by atoms with Gasteiger partial charge < -0.3 is 13.9 Å². The van der Waals surface area contributed by atoms with Crippen LogP contribution in [0.15, 0.2) is 34.0 Å². The highest BCUT2D eigenvalue weighted by atomic mass is 32.2. The van der Waals surface area contributed by atoms with Crippen molar-refractivity contribution in [2.24, 2.45) is 0 Å². The second-order valence-corrected chi connectivity index (χ2v) is 10.3. The van der Waals surface area contributed by atoms with Crippen LogP contribution in [-0.4, -0.2) is 27.4 Å². The smallest absolute Gasteiger partial charge is 0.414 e. The van der Waals surface area contributed by atoms with E-state index in [1.54, 1.807) is 27.0 Å². The van der Waals surface area contributed by atoms with Gasteiger partial charge in [-0.25, -0.2) is 23.5 Å². The Hall–Kier alpha value is -3.24. The number of ether oxygens (including phenoxy) is 2. The van der Waals surface area contributed by atoms with Crippen LogP contribution < -0.4 is 5.32 Å². The molecule has 0 radical (unpaired) electrons. The predicted octanol–water partition coefficient (Wildman–Crippen LogP) is 6.81. The first-order valence-corrected chi connectivity index (χ1v) is 12.1. The lowest BCUT2D eigenvalue weighted by molar-refractivity contribution is 0.0633. The maximum atomic E-state index is 16.1. The fraction of sp³-hybridized carbons (Fsp3) is 0.320. The molecule has 35 heavy (non-hydrogen) atoms. The average Bonchev–Trinajstić information content (AvgIpc) is 3.41. The number of benzene rings is 2. The molecule has 0 spiro atoms. The van der Waals surface area contributed by atoms with Gasteiger partial charge in [0, 0.05) is 34.2 Å². The van der Waals surface area contributed by atoms with Crippen molar-refractivity contribution in [3.8, 4) is 11.1 Å². The minimum absolute atomic E-state index is 0.0212. The summed E-state index contributed by atoms with van der Waals surface area (Å²) in [6, 6.07) is 4.10. The Morgan fingerprint density at radius 3 is 2.69 bits per heavy atom. The number of furan rings is 1. The van der Waals surface area contributed by atoms with E-state index < -0.39 is 23.3 Å². The van der Waals surface area contributed by atoms with E-state index in [0.717, 1.165) is 11.3 Å². The van der Waals surface area contributed by atoms with Crippen molar-refractivity contribution >= 4 is 45.6 Å². The zero-order valence-electron chi connectivity index (χ0n) is 19.6. The Bertz CT molecular complexity index is 1480. The van der Waals surface area contributed by atoms with Gasteiger partial charge in [-0.3, -0.25) is 5.32 Å². The van der Waals surface area contributed by atoms with Crippen molar-refractivity contribution in [2.75, 3.05) is 11.1 Å². The summed E-state index contributed by atoms with van der Waals surface area (Å²) < 4.78 is 48.0. The second kappa shape index (κ2) is 8.76. The van der Waals surface area contributed by atoms with Crippen molar-refractivity contribution in [2.45, 2.75) is 51.7 Å². The van der Waals surface area contributed by atoms with Gasteiger partial charge in [-0.15, -0.1) is 0 Å². The largest absolute Gasteiger partial charge is 0.444 e. The molecule has 7 nitrogen and oxygen atoms in total. The van der Waals surface area contributed by atoms with Crippen molar-refractivity contribution in [1.29, 1.82) is 0 Å². The number of hydrogen-bond donors (Lipinski definition) is 1. The van der Waals surface area contributed by atoms with Gasteiger partial charge in [-0.1, -0.05) is 18.7 Å². The number of nitrogens with one attached hydrogen (secondary N) is 1. The van der Waals surface area contributed by atoms with Crippen molar-refractivity contribution in [3.05, 3.63) is 47.2 Å². The zero-order chi connectivity index (χ0) is 24.9. The number of nitrogens with zero attached hydrogens (tertiary/aromatic N) is 2. The number of amides is 1. The van der Waals surface area contributed by atoms with E-state index in [4.69, 9.17) is 13.9 Å². The first kappa shape index (κ1) is 23.5. The van der Waals surface area contributed by atoms with E-state index in [-0.39, 0.29) is 41.3 Å². The molecule has 0 aliphatic carbocycles. The molecule has 1 N–H and O–H groups in total. The van der Waals surface area contributed by atoms with Crippen LogP contribution in [0.25, 0.3) is 33.0 Å². The quantitative estimate of drug-likeness (QED) is 0.244. The molecule has 1 aliphatic heterocycles. The molecule has 2 aromatic heterocycles. The SMILES string of the molecule is CCSc1ncc2c3c(c(-c4c(F)ccc5oc(NC(=O)OC(C)(C)C)cc45)c(F)c2n1)COC3. The van der Waals surface area contributed by atoms with Gasteiger partial charge in [0.25, 0.3) is 0 Å². The number of hydrogen-bond acceptors (Lipinski definition) is 7. The molecule has 182 valence electrons. The number of anilines is 1. The lowest BCUT2D eigenvalue weighted by atomic mass is 9.91. The Morgan fingerprint density at radius 1 is 1.17 bits per heavy atom. The third-order valence-corrected chi connectivity index (χ3v) is 6.22. The number of aromatic nitrogens is 2. The van der Waals surface area contributed by atoms with Crippen molar-refractivity contribution in [1.82, 2.24) is 9.97 Å². The summed E-state index contributed by atoms with van der Waals surface area (Å²) in [5.41, 5.74) is 1.06. The fourth-order valence-electron chi connectivity index (χ4n) is 4.16. The van der Waals surface area contributed by atoms with Gasteiger partial charge in [0.15, 0.2) is 11.0 Å². The van der Waals surface area contributed by atoms with Gasteiger partial charge in [-0.2, -0.15) is 0 Å². The molecule has 0 saturated heterocycles. The first-order chi connectivity index (χ1) is 16.7. The summed E-state index contributed by atoms with van der Waals surface area (Å²) in [5, 5.41) is 3.81. The van der Waals surface area contributed by atoms with Crippen LogP contribution in [0, 0.1) is 11.6 Å². The summed E-state index contributed by atoms with van der Waals surface area (Å²) in [7, 11) is 0. The van der Waals surface area contributed by atoms with Crippen LogP contribution in [0.5, 0.6) is 0 Å². The van der Waals surface area contributed by atoms with Crippen molar-refractivity contribution < 1.29 is 27.5 Å². The summed E-state index contributed by atoms with van der Waals surface area (Å²) in [6.45, 7) is 7.53. The molecule has 0 bridgehead atoms. The third kappa shape index (κ3) is 4.32. The fourth-order valence-corrected chi connectivity index (χ4v) is 4.70. The predicted molar refractivity (Wildman–Crippen MR) is 129 cm³/mol. The highest BCUT2D eigenvalue weighted by Crippen LogP contribution is 2.44. The van der Waals surface area contributed by atoms with Gasteiger partial charge in [0.2, 0.25) is 5.88 Å². The molecular formula is C25H23F2N3O4S. The lowest BCUT2D eigenvalue weighted by Crippen LogP contribution is -2.27. The Kier molecular flexibility index (Phi) is 5.88. The average molecular weight is 500 g/mol. The van der Waals surface area contributed by atoms with E-state index in [1.165, 1.54) is 30.0 Å². The number of rotatable bonds is 4. The summed E-state index contributed by atoms with van der Waals surface area (Å²) >= 11 is 1.39. The summed E-state index contributed by atoms with van der Waals surface area (Å²) in [6.07, 6.45) is 0.876. The van der Waals surface area contributed by atoms with Gasteiger partial charge in [0.05, 0.1) is 13.2 Å². The molecule has 5 rings (SSSR count). The third-order valence-electron chi connectivity index (χ3n) is 5.48. The number of carbonyl (C=O) groups is 1. The molecule has 3 heterocycles. The summed E-state index contributed by atoms with van der Waals surface area (Å²) in [5.74, 6) is -0.505. The van der Waals surface area contributed by atoms with E-state index in [2.05, 4.69) is 15.3 Å². The van der Waals surface area contributed by atoms with Gasteiger partial charge in [0.1, 0.15) is 22.5 Å². The molecule has 1 aliphatic rings. The Morgan fingerprint density at radius 2 is 1.94 bits per heavy atom. The van der Waals surface area contributed by atoms with Crippen molar-refractivity contribution in [3.63, 3.8) is 0 Å². The monoisotopic (exact) mass is 499 g/mol. The van der Waals surface area contributed by atoms with Gasteiger partial charge in [-0.05, 0) is 49.8 Å². The number of fused-ring (bicyclic) bond motifs is 4. The second-order valence-electron chi connectivity index (χ2n) is 9.06. The number of halogens is 2. The molecule has 0 atom stereocenters. The molecular weight excluding hydrogens is 476 g/mol. The molecule has 2 aromatic carbocycles. The molecule has 0 fully saturated rings. The van der Waals surface area contributed by atoms with E-state index in [9.17, 15) is 4.79 Å². The molecule has 0 saturated carbocycles. The van der Waals surface area contributed by atoms with Crippen LogP contribution in [0.3, 0.4) is 0 Å². The zero-order valence-corrected chi connectivity index (χ0v) is 20.4. The van der Waals surface area contributed by atoms with Crippen LogP contribution in [-0.2, 0) is 22.7 Å². The van der Waals surface area contributed by atoms with Crippen LogP contribution >= 0.6 is 11.8 Å². The number of thioether (sulfide) groups is 1. The molecule has 4 aromatic rings. The Labute approximate surface area is 204 Å². The standard InChI is InChI=1S/C25H23F2N3O4S/c1-5-35-23-28-9-13-14-10-32-11-15(14)20(21(27)22(13)30-23)19-12-8-18(29-24(31)34-25(2,3)4)33-17(12)7-6-16(19)26/h6-9H,5,10-11H2,1-4H3,(H,29,31). The van der Waals surface area contributed by atoms with E-state index >= 15 is 8.78 Å². The normalized spacial score (nSPS) is 13.4. The topological polar surface area (TPSA) is 86.5 Å². The van der Waals surface area contributed by atoms with Crippen LogP contribution in [0.1, 0.15) is 38.8 Å². The maximum absolute atomic E-state index is 16.1.